The van der Waals surface area contributed by atoms with Crippen LogP contribution in [-0.2, 0) is 22.5 Å². The van der Waals surface area contributed by atoms with Gasteiger partial charge in [-0.05, 0) is 55.0 Å². The Morgan fingerprint density at radius 1 is 0.977 bits per heavy atom. The highest BCUT2D eigenvalue weighted by molar-refractivity contribution is 6.05. The van der Waals surface area contributed by atoms with Crippen LogP contribution in [-0.4, -0.2) is 55.2 Å². The third-order valence-electron chi connectivity index (χ3n) is 6.91. The number of unbranched alkanes of at least 4 members (excludes halogenated alkanes) is 1. The highest BCUT2D eigenvalue weighted by Crippen LogP contribution is 2.31. The van der Waals surface area contributed by atoms with Crippen LogP contribution in [0.3, 0.4) is 0 Å². The quantitative estimate of drug-likeness (QED) is 0.135. The van der Waals surface area contributed by atoms with E-state index >= 15 is 0 Å². The molecular formula is C33H41N7O3. The SMILES string of the molecule is CCCCc1nc(N(CCC)C(=O)C=C(C)C)c(C(=O)OCCC)n1Cc1ccc(-c2ccccc2-c2nn[nH]n2)cc1. The Kier molecular flexibility index (Phi) is 11.0. The molecule has 0 unspecified atom stereocenters. The summed E-state index contributed by atoms with van der Waals surface area (Å²) in [7, 11) is 0. The number of aromatic nitrogens is 6. The molecule has 4 rings (SSSR count). The Labute approximate surface area is 253 Å². The largest absolute Gasteiger partial charge is 0.461 e. The van der Waals surface area contributed by atoms with Gasteiger partial charge in [0, 0.05) is 31.1 Å². The van der Waals surface area contributed by atoms with Crippen molar-refractivity contribution in [3.05, 3.63) is 77.3 Å². The number of amides is 1. The highest BCUT2D eigenvalue weighted by atomic mass is 16.5. The maximum atomic E-state index is 13.6. The number of aryl methyl sites for hydroxylation is 1. The number of nitrogens with one attached hydrogen (secondary N) is 1. The van der Waals surface area contributed by atoms with Crippen molar-refractivity contribution in [1.29, 1.82) is 0 Å². The molecule has 10 heteroatoms. The maximum Gasteiger partial charge on any atom is 0.358 e. The Morgan fingerprint density at radius 3 is 2.35 bits per heavy atom. The normalized spacial score (nSPS) is 10.9. The average molecular weight is 584 g/mol. The molecule has 2 heterocycles. The summed E-state index contributed by atoms with van der Waals surface area (Å²) >= 11 is 0. The predicted octanol–water partition coefficient (Wildman–Crippen LogP) is 6.40. The zero-order chi connectivity index (χ0) is 30.8. The van der Waals surface area contributed by atoms with Gasteiger partial charge < -0.3 is 9.30 Å². The number of nitrogens with zero attached hydrogens (tertiary/aromatic N) is 6. The number of H-pyrrole nitrogens is 1. The molecule has 10 nitrogen and oxygen atoms in total. The number of hydrogen-bond acceptors (Lipinski definition) is 7. The molecular weight excluding hydrogens is 542 g/mol. The molecule has 226 valence electrons. The molecule has 0 bridgehead atoms. The van der Waals surface area contributed by atoms with Gasteiger partial charge in [-0.15, -0.1) is 10.2 Å². The lowest BCUT2D eigenvalue weighted by Gasteiger charge is -2.20. The van der Waals surface area contributed by atoms with E-state index in [1.165, 1.54) is 0 Å². The van der Waals surface area contributed by atoms with E-state index in [-0.39, 0.29) is 12.5 Å². The summed E-state index contributed by atoms with van der Waals surface area (Å²) in [5.74, 6) is 0.993. The molecule has 0 aliphatic heterocycles. The highest BCUT2D eigenvalue weighted by Gasteiger charge is 2.30. The second-order valence-electron chi connectivity index (χ2n) is 10.7. The zero-order valence-corrected chi connectivity index (χ0v) is 25.8. The number of esters is 1. The van der Waals surface area contributed by atoms with Crippen molar-refractivity contribution in [2.24, 2.45) is 0 Å². The molecule has 43 heavy (non-hydrogen) atoms. The zero-order valence-electron chi connectivity index (χ0n) is 25.8. The molecule has 0 atom stereocenters. The minimum absolute atomic E-state index is 0.192. The number of hydrogen-bond donors (Lipinski definition) is 1. The number of aromatic amines is 1. The summed E-state index contributed by atoms with van der Waals surface area (Å²) in [6.45, 7) is 11.0. The van der Waals surface area contributed by atoms with E-state index in [0.29, 0.717) is 43.3 Å². The lowest BCUT2D eigenvalue weighted by Crippen LogP contribution is -2.32. The fourth-order valence-electron chi connectivity index (χ4n) is 4.88. The maximum absolute atomic E-state index is 13.6. The van der Waals surface area contributed by atoms with E-state index in [4.69, 9.17) is 9.72 Å². The van der Waals surface area contributed by atoms with Gasteiger partial charge in [-0.3, -0.25) is 9.69 Å². The summed E-state index contributed by atoms with van der Waals surface area (Å²) in [6, 6.07) is 16.1. The molecule has 1 amide bonds. The van der Waals surface area contributed by atoms with Crippen LogP contribution in [0.4, 0.5) is 5.82 Å². The second kappa shape index (κ2) is 15.0. The van der Waals surface area contributed by atoms with Crippen molar-refractivity contribution in [2.75, 3.05) is 18.1 Å². The van der Waals surface area contributed by atoms with Crippen LogP contribution >= 0.6 is 0 Å². The molecule has 0 aliphatic carbocycles. The van der Waals surface area contributed by atoms with E-state index < -0.39 is 5.97 Å². The van der Waals surface area contributed by atoms with Crippen LogP contribution in [0, 0.1) is 0 Å². The van der Waals surface area contributed by atoms with Gasteiger partial charge in [0.15, 0.2) is 11.5 Å². The van der Waals surface area contributed by atoms with Gasteiger partial charge in [0.1, 0.15) is 5.82 Å². The first kappa shape index (κ1) is 31.3. The van der Waals surface area contributed by atoms with Crippen LogP contribution < -0.4 is 4.90 Å². The summed E-state index contributed by atoms with van der Waals surface area (Å²) in [5, 5.41) is 14.5. The van der Waals surface area contributed by atoms with Crippen LogP contribution in [0.2, 0.25) is 0 Å². The van der Waals surface area contributed by atoms with Gasteiger partial charge in [0.2, 0.25) is 5.82 Å². The Hall–Kier alpha value is -4.60. The number of carbonyl (C=O) groups excluding carboxylic acids is 2. The fourth-order valence-corrected chi connectivity index (χ4v) is 4.88. The fraction of sp³-hybridized carbons (Fsp3) is 0.394. The Bertz CT molecular complexity index is 1540. The van der Waals surface area contributed by atoms with E-state index in [2.05, 4.69) is 39.7 Å². The smallest absolute Gasteiger partial charge is 0.358 e. The predicted molar refractivity (Wildman–Crippen MR) is 168 cm³/mol. The summed E-state index contributed by atoms with van der Waals surface area (Å²) < 4.78 is 7.59. The number of imidazole rings is 1. The molecule has 2 aromatic heterocycles. The van der Waals surface area contributed by atoms with Gasteiger partial charge >= 0.3 is 5.97 Å². The molecule has 0 radical (unpaired) electrons. The molecule has 2 aromatic carbocycles. The van der Waals surface area contributed by atoms with Gasteiger partial charge in [-0.25, -0.2) is 9.78 Å². The van der Waals surface area contributed by atoms with Crippen molar-refractivity contribution in [3.8, 4) is 22.5 Å². The number of benzene rings is 2. The number of rotatable bonds is 14. The monoisotopic (exact) mass is 583 g/mol. The third-order valence-corrected chi connectivity index (χ3v) is 6.91. The number of ether oxygens (including phenoxy) is 1. The minimum atomic E-state index is -0.469. The molecule has 4 aromatic rings. The topological polar surface area (TPSA) is 119 Å². The first-order valence-corrected chi connectivity index (χ1v) is 15.0. The van der Waals surface area contributed by atoms with Crippen LogP contribution in [0.5, 0.6) is 0 Å². The van der Waals surface area contributed by atoms with Crippen molar-refractivity contribution in [1.82, 2.24) is 30.2 Å². The van der Waals surface area contributed by atoms with Gasteiger partial charge in [-0.1, -0.05) is 81.3 Å². The molecule has 0 fully saturated rings. The molecule has 1 N–H and O–H groups in total. The van der Waals surface area contributed by atoms with E-state index in [1.54, 1.807) is 11.0 Å². The minimum Gasteiger partial charge on any atom is -0.461 e. The van der Waals surface area contributed by atoms with E-state index in [9.17, 15) is 9.59 Å². The summed E-state index contributed by atoms with van der Waals surface area (Å²) in [6.07, 6.45) is 5.56. The number of allylic oxidation sites excluding steroid dienone is 1. The Morgan fingerprint density at radius 2 is 1.72 bits per heavy atom. The number of carbonyl (C=O) groups is 2. The summed E-state index contributed by atoms with van der Waals surface area (Å²) in [4.78, 5) is 33.5. The molecule has 0 aliphatic rings. The molecule has 0 saturated carbocycles. The van der Waals surface area contributed by atoms with E-state index in [1.807, 2.05) is 68.7 Å². The van der Waals surface area contributed by atoms with Crippen LogP contribution in [0.25, 0.3) is 22.5 Å². The van der Waals surface area contributed by atoms with Crippen molar-refractivity contribution in [2.45, 2.75) is 73.3 Å². The van der Waals surface area contributed by atoms with Crippen LogP contribution in [0.15, 0.2) is 60.2 Å². The summed E-state index contributed by atoms with van der Waals surface area (Å²) in [5.41, 5.74) is 5.06. The first-order chi connectivity index (χ1) is 20.9. The number of tetrazole rings is 1. The van der Waals surface area contributed by atoms with Gasteiger partial charge in [-0.2, -0.15) is 5.21 Å². The second-order valence-corrected chi connectivity index (χ2v) is 10.7. The van der Waals surface area contributed by atoms with E-state index in [0.717, 1.165) is 52.9 Å². The molecule has 0 saturated heterocycles. The average Bonchev–Trinajstić information content (AvgIpc) is 3.66. The van der Waals surface area contributed by atoms with Crippen molar-refractivity contribution < 1.29 is 14.3 Å². The van der Waals surface area contributed by atoms with Crippen molar-refractivity contribution >= 4 is 17.7 Å². The lowest BCUT2D eigenvalue weighted by molar-refractivity contribution is -0.114. The number of anilines is 1. The first-order valence-electron chi connectivity index (χ1n) is 15.0. The van der Waals surface area contributed by atoms with Crippen molar-refractivity contribution in [3.63, 3.8) is 0 Å². The van der Waals surface area contributed by atoms with Gasteiger partial charge in [0.05, 0.1) is 6.61 Å². The lowest BCUT2D eigenvalue weighted by atomic mass is 9.98. The van der Waals surface area contributed by atoms with Crippen LogP contribution in [0.1, 0.15) is 82.2 Å². The Balaban J connectivity index is 1.77. The molecule has 0 spiro atoms. The standard InChI is InChI=1S/C33H41N7O3/c1-6-9-14-28-34-32(39(19-7-2)29(41)21-23(4)5)30(33(42)43-20-8-3)40(28)22-24-15-17-25(18-16-24)26-12-10-11-13-27(26)31-35-37-38-36-31/h10-13,15-18,21H,6-9,14,19-20,22H2,1-5H3,(H,35,36,37,38). The third kappa shape index (κ3) is 7.63. The van der Waals surface area contributed by atoms with Gasteiger partial charge in [0.25, 0.3) is 5.91 Å².